The largest absolute Gasteiger partial charge is 0.394 e. The molecule has 0 saturated heterocycles. The number of halogens is 1. The van der Waals surface area contributed by atoms with Gasteiger partial charge >= 0.3 is 0 Å². The van der Waals surface area contributed by atoms with Crippen molar-refractivity contribution >= 4 is 23.2 Å². The Labute approximate surface area is 157 Å². The van der Waals surface area contributed by atoms with Crippen molar-refractivity contribution in [2.24, 2.45) is 0 Å². The van der Waals surface area contributed by atoms with E-state index >= 15 is 0 Å². The average molecular weight is 371 g/mol. The zero-order valence-corrected chi connectivity index (χ0v) is 15.2. The number of hydrogen-bond donors (Lipinski definition) is 3. The van der Waals surface area contributed by atoms with E-state index in [1.165, 1.54) is 12.1 Å². The monoisotopic (exact) mass is 371 g/mol. The molecule has 2 aromatic carbocycles. The number of aliphatic hydroxyl groups excluding tert-OH is 1. The Morgan fingerprint density at radius 2 is 2.04 bits per heavy atom. The molecule has 3 N–H and O–H groups in total. The summed E-state index contributed by atoms with van der Waals surface area (Å²) in [5, 5.41) is 15.0. The summed E-state index contributed by atoms with van der Waals surface area (Å²) in [6.07, 6.45) is -0.119. The number of nitrogens with one attached hydrogen (secondary N) is 2. The van der Waals surface area contributed by atoms with E-state index in [1.54, 1.807) is 6.07 Å². The Morgan fingerprint density at radius 3 is 2.74 bits per heavy atom. The molecule has 3 rings (SSSR count). The lowest BCUT2D eigenvalue weighted by molar-refractivity contribution is -0.125. The van der Waals surface area contributed by atoms with E-state index in [-0.39, 0.29) is 24.6 Å². The van der Waals surface area contributed by atoms with Crippen molar-refractivity contribution in [2.45, 2.75) is 18.4 Å². The average Bonchev–Trinajstić information content (AvgIpc) is 2.97. The van der Waals surface area contributed by atoms with Gasteiger partial charge in [0.15, 0.2) is 0 Å². The lowest BCUT2D eigenvalue weighted by Crippen LogP contribution is -2.32. The van der Waals surface area contributed by atoms with E-state index in [0.29, 0.717) is 5.56 Å². The van der Waals surface area contributed by atoms with Crippen LogP contribution >= 0.6 is 0 Å². The quantitative estimate of drug-likeness (QED) is 0.727. The molecule has 0 bridgehead atoms. The molecule has 0 aliphatic carbocycles. The van der Waals surface area contributed by atoms with Gasteiger partial charge in [-0.2, -0.15) is 0 Å². The fourth-order valence-corrected chi connectivity index (χ4v) is 3.21. The highest BCUT2D eigenvalue weighted by molar-refractivity contribution is 6.05. The van der Waals surface area contributed by atoms with Crippen LogP contribution in [-0.4, -0.2) is 37.6 Å². The van der Waals surface area contributed by atoms with E-state index < -0.39 is 23.7 Å². The van der Waals surface area contributed by atoms with Crippen LogP contribution in [-0.2, 0) is 9.59 Å². The molecule has 2 amide bonds. The molecular weight excluding hydrogens is 349 g/mol. The Balaban J connectivity index is 1.73. The Hall–Kier alpha value is -2.93. The van der Waals surface area contributed by atoms with Crippen molar-refractivity contribution in [3.63, 3.8) is 0 Å². The molecule has 1 unspecified atom stereocenters. The van der Waals surface area contributed by atoms with Gasteiger partial charge in [0.05, 0.1) is 24.3 Å². The molecular formula is C20H22FN3O3. The SMILES string of the molecule is CN(C)c1cccc([C@H](CO)NC(=O)CC2C(=O)Nc3c(F)cccc32)c1. The smallest absolute Gasteiger partial charge is 0.232 e. The lowest BCUT2D eigenvalue weighted by atomic mass is 9.96. The first kappa shape index (κ1) is 18.8. The van der Waals surface area contributed by atoms with Crippen LogP contribution in [0.25, 0.3) is 0 Å². The van der Waals surface area contributed by atoms with Gasteiger partial charge in [0.1, 0.15) is 5.82 Å². The predicted molar refractivity (Wildman–Crippen MR) is 101 cm³/mol. The number of carbonyl (C=O) groups excluding carboxylic acids is 2. The van der Waals surface area contributed by atoms with Crippen molar-refractivity contribution in [1.82, 2.24) is 5.32 Å². The standard InChI is InChI=1S/C20H22FN3O3/c1-24(2)13-6-3-5-12(9-13)17(11-25)22-18(26)10-15-14-7-4-8-16(21)19(14)23-20(15)27/h3-9,15,17,25H,10-11H2,1-2H3,(H,22,26)(H,23,27)/t15?,17-/m0/s1. The highest BCUT2D eigenvalue weighted by Crippen LogP contribution is 2.36. The Kier molecular flexibility index (Phi) is 5.41. The minimum Gasteiger partial charge on any atom is -0.394 e. The maximum atomic E-state index is 13.8. The fraction of sp³-hybridized carbons (Fsp3) is 0.300. The number of amides is 2. The zero-order chi connectivity index (χ0) is 19.6. The van der Waals surface area contributed by atoms with Crippen LogP contribution < -0.4 is 15.5 Å². The molecule has 7 heteroatoms. The van der Waals surface area contributed by atoms with Crippen molar-refractivity contribution in [3.05, 3.63) is 59.4 Å². The minimum atomic E-state index is -0.747. The summed E-state index contributed by atoms with van der Waals surface area (Å²) in [7, 11) is 3.81. The summed E-state index contributed by atoms with van der Waals surface area (Å²) in [6, 6.07) is 11.3. The van der Waals surface area contributed by atoms with Gasteiger partial charge in [-0.1, -0.05) is 24.3 Å². The van der Waals surface area contributed by atoms with Crippen molar-refractivity contribution < 1.29 is 19.1 Å². The fourth-order valence-electron chi connectivity index (χ4n) is 3.21. The molecule has 0 saturated carbocycles. The van der Waals surface area contributed by atoms with Gasteiger partial charge < -0.3 is 20.6 Å². The molecule has 142 valence electrons. The number of benzene rings is 2. The second-order valence-corrected chi connectivity index (χ2v) is 6.74. The van der Waals surface area contributed by atoms with Crippen molar-refractivity contribution in [3.8, 4) is 0 Å². The summed E-state index contributed by atoms with van der Waals surface area (Å²) in [5.74, 6) is -2.05. The normalized spacial score (nSPS) is 16.4. The molecule has 0 radical (unpaired) electrons. The number of rotatable bonds is 6. The molecule has 6 nitrogen and oxygen atoms in total. The summed E-state index contributed by atoms with van der Waals surface area (Å²) in [4.78, 5) is 26.6. The number of para-hydroxylation sites is 1. The molecule has 1 heterocycles. The van der Waals surface area contributed by atoms with E-state index in [1.807, 2.05) is 43.3 Å². The summed E-state index contributed by atoms with van der Waals surface area (Å²) in [6.45, 7) is -0.273. The number of carbonyl (C=O) groups is 2. The zero-order valence-electron chi connectivity index (χ0n) is 15.2. The van der Waals surface area contributed by atoms with Crippen LogP contribution in [0.1, 0.15) is 29.5 Å². The van der Waals surface area contributed by atoms with Gasteiger partial charge in [-0.15, -0.1) is 0 Å². The topological polar surface area (TPSA) is 81.7 Å². The number of fused-ring (bicyclic) bond motifs is 1. The Bertz CT molecular complexity index is 869. The van der Waals surface area contributed by atoms with Crippen LogP contribution in [0, 0.1) is 5.82 Å². The number of aliphatic hydroxyl groups is 1. The third-order valence-corrected chi connectivity index (χ3v) is 4.68. The molecule has 2 atom stereocenters. The van der Waals surface area contributed by atoms with Gasteiger partial charge in [0.25, 0.3) is 0 Å². The number of anilines is 2. The second-order valence-electron chi connectivity index (χ2n) is 6.74. The molecule has 2 aromatic rings. The molecule has 0 spiro atoms. The molecule has 0 aromatic heterocycles. The maximum absolute atomic E-state index is 13.8. The van der Waals surface area contributed by atoms with Crippen molar-refractivity contribution in [2.75, 3.05) is 30.9 Å². The van der Waals surface area contributed by atoms with Gasteiger partial charge in [0.2, 0.25) is 11.8 Å². The predicted octanol–water partition coefficient (Wildman–Crippen LogP) is 2.17. The van der Waals surface area contributed by atoms with Crippen LogP contribution in [0.15, 0.2) is 42.5 Å². The van der Waals surface area contributed by atoms with Crippen LogP contribution in [0.3, 0.4) is 0 Å². The summed E-state index contributed by atoms with van der Waals surface area (Å²) < 4.78 is 13.8. The molecule has 1 aliphatic heterocycles. The van der Waals surface area contributed by atoms with E-state index in [2.05, 4.69) is 10.6 Å². The third kappa shape index (κ3) is 3.93. The van der Waals surface area contributed by atoms with E-state index in [4.69, 9.17) is 0 Å². The highest BCUT2D eigenvalue weighted by atomic mass is 19.1. The lowest BCUT2D eigenvalue weighted by Gasteiger charge is -2.20. The van der Waals surface area contributed by atoms with Gasteiger partial charge in [-0.25, -0.2) is 4.39 Å². The molecule has 27 heavy (non-hydrogen) atoms. The number of hydrogen-bond acceptors (Lipinski definition) is 4. The highest BCUT2D eigenvalue weighted by Gasteiger charge is 2.34. The maximum Gasteiger partial charge on any atom is 0.232 e. The first-order valence-electron chi connectivity index (χ1n) is 8.67. The van der Waals surface area contributed by atoms with Crippen LogP contribution in [0.5, 0.6) is 0 Å². The Morgan fingerprint density at radius 1 is 1.30 bits per heavy atom. The second kappa shape index (κ2) is 7.75. The van der Waals surface area contributed by atoms with Gasteiger partial charge in [-0.05, 0) is 29.3 Å². The number of nitrogens with zero attached hydrogens (tertiary/aromatic N) is 1. The van der Waals surface area contributed by atoms with Gasteiger partial charge in [0, 0.05) is 26.2 Å². The third-order valence-electron chi connectivity index (χ3n) is 4.68. The summed E-state index contributed by atoms with van der Waals surface area (Å²) >= 11 is 0. The van der Waals surface area contributed by atoms with Crippen LogP contribution in [0.4, 0.5) is 15.8 Å². The first-order chi connectivity index (χ1) is 12.9. The summed E-state index contributed by atoms with van der Waals surface area (Å²) in [5.41, 5.74) is 2.32. The van der Waals surface area contributed by atoms with E-state index in [9.17, 15) is 19.1 Å². The van der Waals surface area contributed by atoms with Crippen molar-refractivity contribution in [1.29, 1.82) is 0 Å². The van der Waals surface area contributed by atoms with Gasteiger partial charge in [-0.3, -0.25) is 9.59 Å². The molecule has 0 fully saturated rings. The van der Waals surface area contributed by atoms with E-state index in [0.717, 1.165) is 11.3 Å². The first-order valence-corrected chi connectivity index (χ1v) is 8.67. The molecule has 1 aliphatic rings. The van der Waals surface area contributed by atoms with Crippen LogP contribution in [0.2, 0.25) is 0 Å². The minimum absolute atomic E-state index is 0.119.